The molecule has 2 N–H and O–H groups in total. The van der Waals surface area contributed by atoms with Crippen molar-refractivity contribution >= 4 is 12.0 Å². The molecule has 0 aromatic rings. The summed E-state index contributed by atoms with van der Waals surface area (Å²) >= 11 is 0. The molecule has 0 bridgehead atoms. The number of urea groups is 1. The Morgan fingerprint density at radius 3 is 2.19 bits per heavy atom. The summed E-state index contributed by atoms with van der Waals surface area (Å²) in [7, 11) is 3.10. The molecular formula is C9H16N2O5. The Bertz CT molecular complexity index is 259. The molecule has 0 aromatic heterocycles. The number of methoxy groups -OCH3 is 2. The first-order chi connectivity index (χ1) is 7.58. The van der Waals surface area contributed by atoms with Gasteiger partial charge in [0, 0.05) is 14.2 Å². The number of likely N-dealkylation sites (tertiary alicyclic amines) is 1. The van der Waals surface area contributed by atoms with E-state index >= 15 is 0 Å². The quantitative estimate of drug-likeness (QED) is 0.657. The molecule has 0 spiro atoms. The number of ether oxygens (including phenoxy) is 2. The second-order valence-corrected chi connectivity index (χ2v) is 3.51. The van der Waals surface area contributed by atoms with Crippen molar-refractivity contribution in [3.63, 3.8) is 0 Å². The van der Waals surface area contributed by atoms with E-state index in [1.165, 1.54) is 4.90 Å². The third-order valence-electron chi connectivity index (χ3n) is 2.50. The molecule has 0 aliphatic carbocycles. The molecule has 1 rings (SSSR count). The van der Waals surface area contributed by atoms with Gasteiger partial charge in [-0.15, -0.1) is 0 Å². The first-order valence-corrected chi connectivity index (χ1v) is 4.88. The minimum atomic E-state index is -1.07. The molecule has 16 heavy (non-hydrogen) atoms. The van der Waals surface area contributed by atoms with Crippen molar-refractivity contribution in [2.45, 2.75) is 12.2 Å². The molecule has 1 aliphatic rings. The van der Waals surface area contributed by atoms with Gasteiger partial charge < -0.3 is 24.8 Å². The molecule has 92 valence electrons. The number of amides is 2. The van der Waals surface area contributed by atoms with Gasteiger partial charge in [0.25, 0.3) is 0 Å². The number of carboxylic acid groups (broad SMARTS) is 1. The summed E-state index contributed by atoms with van der Waals surface area (Å²) in [6.07, 6.45) is -0.332. The van der Waals surface area contributed by atoms with Crippen molar-refractivity contribution < 1.29 is 24.2 Å². The van der Waals surface area contributed by atoms with Gasteiger partial charge >= 0.3 is 12.0 Å². The lowest BCUT2D eigenvalue weighted by Gasteiger charge is -2.15. The number of aliphatic carboxylic acids is 1. The number of hydrogen-bond acceptors (Lipinski definition) is 4. The van der Waals surface area contributed by atoms with E-state index in [1.54, 1.807) is 14.2 Å². The summed E-state index contributed by atoms with van der Waals surface area (Å²) in [5.41, 5.74) is 0. The van der Waals surface area contributed by atoms with Crippen molar-refractivity contribution in [2.75, 3.05) is 33.9 Å². The summed E-state index contributed by atoms with van der Waals surface area (Å²) in [6, 6.07) is -0.413. The third kappa shape index (κ3) is 3.07. The lowest BCUT2D eigenvalue weighted by molar-refractivity contribution is -0.135. The SMILES string of the molecule is COC1CN(C(=O)NCC(=O)O)CC1OC. The summed E-state index contributed by atoms with van der Waals surface area (Å²) in [4.78, 5) is 23.3. The molecule has 0 saturated carbocycles. The lowest BCUT2D eigenvalue weighted by Crippen LogP contribution is -2.41. The highest BCUT2D eigenvalue weighted by Crippen LogP contribution is 2.15. The first-order valence-electron chi connectivity index (χ1n) is 4.88. The van der Waals surface area contributed by atoms with E-state index in [1.807, 2.05) is 0 Å². The van der Waals surface area contributed by atoms with Crippen LogP contribution < -0.4 is 5.32 Å². The summed E-state index contributed by atoms with van der Waals surface area (Å²) in [5, 5.41) is 10.7. The molecule has 1 saturated heterocycles. The maximum atomic E-state index is 11.5. The molecule has 1 aliphatic heterocycles. The van der Waals surface area contributed by atoms with Crippen molar-refractivity contribution in [1.29, 1.82) is 0 Å². The maximum absolute atomic E-state index is 11.5. The van der Waals surface area contributed by atoms with Crippen LogP contribution in [0.3, 0.4) is 0 Å². The largest absolute Gasteiger partial charge is 0.480 e. The molecule has 7 nitrogen and oxygen atoms in total. The van der Waals surface area contributed by atoms with Gasteiger partial charge in [-0.1, -0.05) is 0 Å². The van der Waals surface area contributed by atoms with Crippen molar-refractivity contribution in [2.24, 2.45) is 0 Å². The Morgan fingerprint density at radius 2 is 1.81 bits per heavy atom. The molecule has 7 heteroatoms. The van der Waals surface area contributed by atoms with Gasteiger partial charge in [-0.3, -0.25) is 4.79 Å². The highest BCUT2D eigenvalue weighted by molar-refractivity contribution is 5.80. The summed E-state index contributed by atoms with van der Waals surface area (Å²) in [6.45, 7) is 0.422. The Hall–Kier alpha value is -1.34. The number of carboxylic acids is 1. The smallest absolute Gasteiger partial charge is 0.323 e. The van der Waals surface area contributed by atoms with E-state index in [9.17, 15) is 9.59 Å². The standard InChI is InChI=1S/C9H16N2O5/c1-15-6-4-11(5-7(6)16-2)9(14)10-3-8(12)13/h6-7H,3-5H2,1-2H3,(H,10,14)(H,12,13). The molecule has 2 amide bonds. The average molecular weight is 232 g/mol. The Balaban J connectivity index is 2.44. The van der Waals surface area contributed by atoms with Crippen molar-refractivity contribution in [3.8, 4) is 0 Å². The van der Waals surface area contributed by atoms with E-state index in [-0.39, 0.29) is 18.8 Å². The molecule has 1 fully saturated rings. The van der Waals surface area contributed by atoms with E-state index in [2.05, 4.69) is 5.32 Å². The van der Waals surface area contributed by atoms with Crippen LogP contribution in [0, 0.1) is 0 Å². The number of hydrogen-bond donors (Lipinski definition) is 2. The van der Waals surface area contributed by atoms with Crippen molar-refractivity contribution in [3.05, 3.63) is 0 Å². The first kappa shape index (κ1) is 12.7. The minimum absolute atomic E-state index is 0.166. The number of carbonyl (C=O) groups is 2. The second kappa shape index (κ2) is 5.66. The van der Waals surface area contributed by atoms with Crippen molar-refractivity contribution in [1.82, 2.24) is 10.2 Å². The van der Waals surface area contributed by atoms with E-state index in [4.69, 9.17) is 14.6 Å². The van der Waals surface area contributed by atoms with Crippen LogP contribution in [0.15, 0.2) is 0 Å². The van der Waals surface area contributed by atoms with Gasteiger partial charge in [-0.05, 0) is 0 Å². The third-order valence-corrected chi connectivity index (χ3v) is 2.50. The van der Waals surface area contributed by atoms with E-state index < -0.39 is 12.0 Å². The Morgan fingerprint density at radius 1 is 1.31 bits per heavy atom. The molecule has 0 aromatic carbocycles. The fourth-order valence-corrected chi connectivity index (χ4v) is 1.63. The van der Waals surface area contributed by atoms with Crippen LogP contribution in [-0.4, -0.2) is 68.1 Å². The Labute approximate surface area is 93.3 Å². The van der Waals surface area contributed by atoms with Crippen LogP contribution in [0.25, 0.3) is 0 Å². The number of rotatable bonds is 4. The zero-order chi connectivity index (χ0) is 12.1. The van der Waals surface area contributed by atoms with Gasteiger partial charge in [0.1, 0.15) is 18.8 Å². The van der Waals surface area contributed by atoms with E-state index in [0.29, 0.717) is 13.1 Å². The zero-order valence-electron chi connectivity index (χ0n) is 9.30. The predicted octanol–water partition coefficient (Wildman–Crippen LogP) is -0.874. The van der Waals surface area contributed by atoms with E-state index in [0.717, 1.165) is 0 Å². The van der Waals surface area contributed by atoms with Crippen LogP contribution in [0.2, 0.25) is 0 Å². The molecule has 2 unspecified atom stereocenters. The molecular weight excluding hydrogens is 216 g/mol. The Kier molecular flexibility index (Phi) is 4.51. The van der Waals surface area contributed by atoms with Gasteiger partial charge in [0.05, 0.1) is 13.1 Å². The van der Waals surface area contributed by atoms with Crippen LogP contribution in [0.4, 0.5) is 4.79 Å². The van der Waals surface area contributed by atoms with Crippen LogP contribution in [0.1, 0.15) is 0 Å². The van der Waals surface area contributed by atoms with Crippen LogP contribution in [0.5, 0.6) is 0 Å². The molecule has 1 heterocycles. The number of nitrogens with zero attached hydrogens (tertiary/aromatic N) is 1. The molecule has 2 atom stereocenters. The predicted molar refractivity (Wildman–Crippen MR) is 54.2 cm³/mol. The van der Waals surface area contributed by atoms with Gasteiger partial charge in [0.15, 0.2) is 0 Å². The molecule has 0 radical (unpaired) electrons. The van der Waals surface area contributed by atoms with Gasteiger partial charge in [0.2, 0.25) is 0 Å². The number of carbonyl (C=O) groups excluding carboxylic acids is 1. The number of nitrogens with one attached hydrogen (secondary N) is 1. The minimum Gasteiger partial charge on any atom is -0.480 e. The van der Waals surface area contributed by atoms with Crippen LogP contribution >= 0.6 is 0 Å². The average Bonchev–Trinajstić information content (AvgIpc) is 2.68. The monoisotopic (exact) mass is 232 g/mol. The fourth-order valence-electron chi connectivity index (χ4n) is 1.63. The summed E-state index contributed by atoms with van der Waals surface area (Å²) in [5.74, 6) is -1.07. The zero-order valence-corrected chi connectivity index (χ0v) is 9.30. The van der Waals surface area contributed by atoms with Crippen LogP contribution in [-0.2, 0) is 14.3 Å². The second-order valence-electron chi connectivity index (χ2n) is 3.51. The highest BCUT2D eigenvalue weighted by Gasteiger charge is 2.35. The topological polar surface area (TPSA) is 88.1 Å². The maximum Gasteiger partial charge on any atom is 0.323 e. The highest BCUT2D eigenvalue weighted by atomic mass is 16.5. The lowest BCUT2D eigenvalue weighted by atomic mass is 10.3. The summed E-state index contributed by atoms with van der Waals surface area (Å²) < 4.78 is 10.3. The fraction of sp³-hybridized carbons (Fsp3) is 0.778. The van der Waals surface area contributed by atoms with Gasteiger partial charge in [-0.25, -0.2) is 4.79 Å². The van der Waals surface area contributed by atoms with Gasteiger partial charge in [-0.2, -0.15) is 0 Å². The normalized spacial score (nSPS) is 24.5.